The molecule has 3 rings (SSSR count). The molecule has 11 heteroatoms. The summed E-state index contributed by atoms with van der Waals surface area (Å²) in [6.07, 6.45) is 1.83. The molecule has 0 saturated carbocycles. The molecule has 0 saturated heterocycles. The van der Waals surface area contributed by atoms with E-state index in [1.54, 1.807) is 24.3 Å². The van der Waals surface area contributed by atoms with Gasteiger partial charge in [-0.2, -0.15) is 8.78 Å². The molecule has 2 aromatic carbocycles. The van der Waals surface area contributed by atoms with Gasteiger partial charge in [-0.05, 0) is 23.8 Å². The highest BCUT2D eigenvalue weighted by molar-refractivity contribution is 7.99. The number of hydrogen-bond acceptors (Lipinski definition) is 4. The van der Waals surface area contributed by atoms with Gasteiger partial charge in [0.05, 0.1) is 5.56 Å². The van der Waals surface area contributed by atoms with Gasteiger partial charge < -0.3 is 0 Å². The minimum atomic E-state index is -2.51. The van der Waals surface area contributed by atoms with Crippen molar-refractivity contribution in [3.8, 4) is 0 Å². The molecule has 0 bridgehead atoms. The van der Waals surface area contributed by atoms with Crippen LogP contribution in [0.3, 0.4) is 0 Å². The van der Waals surface area contributed by atoms with Gasteiger partial charge in [-0.3, -0.25) is 10.1 Å². The van der Waals surface area contributed by atoms with Crippen LogP contribution in [0.5, 0.6) is 0 Å². The number of benzene rings is 2. The largest absolute Gasteiger partial charge is 0.298 e. The number of amides is 1. The highest BCUT2D eigenvalue weighted by atomic mass is 32.2. The molecule has 0 fully saturated rings. The molecule has 1 amide bonds. The van der Waals surface area contributed by atoms with Crippen molar-refractivity contribution in [2.75, 3.05) is 5.32 Å². The van der Waals surface area contributed by atoms with E-state index < -0.39 is 40.5 Å². The molecule has 0 aliphatic rings. The molecule has 0 unspecified atom stereocenters. The smallest absolute Gasteiger partial charge is 0.288 e. The van der Waals surface area contributed by atoms with Crippen molar-refractivity contribution in [3.05, 3.63) is 75.8 Å². The van der Waals surface area contributed by atoms with Crippen LogP contribution in [0.1, 0.15) is 20.8 Å². The summed E-state index contributed by atoms with van der Waals surface area (Å²) in [6.45, 7) is 0. The molecule has 1 N–H and O–H groups in total. The molecule has 152 valence electrons. The van der Waals surface area contributed by atoms with E-state index in [1.165, 1.54) is 6.20 Å². The number of carbonyl (C=O) groups excluding carboxylic acids is 1. The van der Waals surface area contributed by atoms with Gasteiger partial charge in [0.25, 0.3) is 11.7 Å². The normalized spacial score (nSPS) is 11.1. The number of thioether (sulfide) groups is 1. The van der Waals surface area contributed by atoms with E-state index in [0.29, 0.717) is 28.0 Å². The summed E-state index contributed by atoms with van der Waals surface area (Å²) in [5.74, 6) is -11.3. The number of halogens is 6. The SMILES string of the molecule is O=C(Nc1ncc(Cc2ccc(SC(F)F)cc2)s1)c1cc(F)c(F)c(F)c1F. The van der Waals surface area contributed by atoms with Crippen LogP contribution in [0.2, 0.25) is 0 Å². The first-order valence-electron chi connectivity index (χ1n) is 7.87. The van der Waals surface area contributed by atoms with E-state index in [1.807, 2.05) is 0 Å². The molecule has 29 heavy (non-hydrogen) atoms. The van der Waals surface area contributed by atoms with Crippen molar-refractivity contribution in [2.45, 2.75) is 17.1 Å². The van der Waals surface area contributed by atoms with Gasteiger partial charge in [-0.1, -0.05) is 23.9 Å². The van der Waals surface area contributed by atoms with Crippen LogP contribution < -0.4 is 5.32 Å². The van der Waals surface area contributed by atoms with Gasteiger partial charge >= 0.3 is 0 Å². The van der Waals surface area contributed by atoms with Gasteiger partial charge in [-0.25, -0.2) is 22.5 Å². The van der Waals surface area contributed by atoms with E-state index in [0.717, 1.165) is 16.9 Å². The fraction of sp³-hybridized carbons (Fsp3) is 0.111. The van der Waals surface area contributed by atoms with Crippen LogP contribution in [-0.2, 0) is 6.42 Å². The minimum absolute atomic E-state index is 0.0411. The lowest BCUT2D eigenvalue weighted by molar-refractivity contribution is 0.102. The Kier molecular flexibility index (Phi) is 6.48. The highest BCUT2D eigenvalue weighted by Gasteiger charge is 2.23. The Hall–Kier alpha value is -2.53. The van der Waals surface area contributed by atoms with E-state index in [9.17, 15) is 31.1 Å². The molecule has 3 aromatic rings. The number of rotatable bonds is 6. The standard InChI is InChI=1S/C18H10F6N2OS2/c19-12-6-11(13(20)15(22)14(12)21)16(27)26-18-25-7-10(29-18)5-8-1-3-9(4-2-8)28-17(23)24/h1-4,6-7,17H,5H2,(H,25,26,27). The number of nitrogens with zero attached hydrogens (tertiary/aromatic N) is 1. The van der Waals surface area contributed by atoms with Crippen LogP contribution in [-0.4, -0.2) is 16.6 Å². The Balaban J connectivity index is 1.68. The zero-order chi connectivity index (χ0) is 21.1. The molecule has 0 aliphatic carbocycles. The summed E-state index contributed by atoms with van der Waals surface area (Å²) < 4.78 is 77.8. The molecule has 1 aromatic heterocycles. The monoisotopic (exact) mass is 448 g/mol. The zero-order valence-electron chi connectivity index (χ0n) is 14.2. The lowest BCUT2D eigenvalue weighted by Crippen LogP contribution is -2.16. The lowest BCUT2D eigenvalue weighted by Gasteiger charge is -2.05. The minimum Gasteiger partial charge on any atom is -0.298 e. The van der Waals surface area contributed by atoms with Crippen molar-refractivity contribution in [1.29, 1.82) is 0 Å². The predicted molar refractivity (Wildman–Crippen MR) is 97.5 cm³/mol. The van der Waals surface area contributed by atoms with Gasteiger partial charge in [-0.15, -0.1) is 11.3 Å². The third-order valence-corrected chi connectivity index (χ3v) is 5.28. The van der Waals surface area contributed by atoms with Crippen LogP contribution in [0.15, 0.2) is 41.4 Å². The second-order valence-electron chi connectivity index (χ2n) is 5.63. The maximum atomic E-state index is 13.7. The summed E-state index contributed by atoms with van der Waals surface area (Å²) in [5.41, 5.74) is -0.191. The average molecular weight is 448 g/mol. The van der Waals surface area contributed by atoms with E-state index in [2.05, 4.69) is 10.3 Å². The number of hydrogen-bond donors (Lipinski definition) is 1. The first kappa shape index (κ1) is 21.2. The van der Waals surface area contributed by atoms with Crippen LogP contribution >= 0.6 is 23.1 Å². The number of thiazole rings is 1. The Morgan fingerprint density at radius 1 is 1.07 bits per heavy atom. The quantitative estimate of drug-likeness (QED) is 0.222. The zero-order valence-corrected chi connectivity index (χ0v) is 15.8. The summed E-state index contributed by atoms with van der Waals surface area (Å²) >= 11 is 1.46. The highest BCUT2D eigenvalue weighted by Crippen LogP contribution is 2.27. The Bertz CT molecular complexity index is 1040. The van der Waals surface area contributed by atoms with Gasteiger partial charge in [0.1, 0.15) is 0 Å². The van der Waals surface area contributed by atoms with Crippen LogP contribution in [0.25, 0.3) is 0 Å². The summed E-state index contributed by atoms with van der Waals surface area (Å²) in [5, 5.41) is 2.24. The number of alkyl halides is 2. The molecule has 3 nitrogen and oxygen atoms in total. The molecule has 0 aliphatic heterocycles. The third kappa shape index (κ3) is 5.10. The molecular weight excluding hydrogens is 438 g/mol. The molecular formula is C18H10F6N2OS2. The fourth-order valence-corrected chi connectivity index (χ4v) is 3.68. The van der Waals surface area contributed by atoms with E-state index >= 15 is 0 Å². The Morgan fingerprint density at radius 2 is 1.76 bits per heavy atom. The van der Waals surface area contributed by atoms with Crippen molar-refractivity contribution in [1.82, 2.24) is 4.98 Å². The number of aromatic nitrogens is 1. The van der Waals surface area contributed by atoms with Crippen LogP contribution in [0, 0.1) is 23.3 Å². The number of anilines is 1. The maximum absolute atomic E-state index is 13.7. The predicted octanol–water partition coefficient (Wildman–Crippen LogP) is 5.86. The molecule has 0 atom stereocenters. The van der Waals surface area contributed by atoms with Crippen molar-refractivity contribution in [2.24, 2.45) is 0 Å². The second kappa shape index (κ2) is 8.87. The van der Waals surface area contributed by atoms with Crippen LogP contribution in [0.4, 0.5) is 31.5 Å². The van der Waals surface area contributed by atoms with Gasteiger partial charge in [0.15, 0.2) is 28.4 Å². The number of carbonyl (C=O) groups is 1. The fourth-order valence-electron chi connectivity index (χ4n) is 2.34. The lowest BCUT2D eigenvalue weighted by atomic mass is 10.1. The summed E-state index contributed by atoms with van der Waals surface area (Å²) in [6, 6.07) is 6.70. The topological polar surface area (TPSA) is 42.0 Å². The number of nitrogens with one attached hydrogen (secondary N) is 1. The molecule has 0 spiro atoms. The van der Waals surface area contributed by atoms with E-state index in [-0.39, 0.29) is 11.2 Å². The molecule has 0 radical (unpaired) electrons. The first-order valence-corrected chi connectivity index (χ1v) is 9.57. The maximum Gasteiger partial charge on any atom is 0.288 e. The first-order chi connectivity index (χ1) is 13.7. The molecule has 1 heterocycles. The van der Waals surface area contributed by atoms with Gasteiger partial charge in [0.2, 0.25) is 0 Å². The average Bonchev–Trinajstić information content (AvgIpc) is 3.10. The summed E-state index contributed by atoms with van der Waals surface area (Å²) in [7, 11) is 0. The van der Waals surface area contributed by atoms with E-state index in [4.69, 9.17) is 0 Å². The Labute approximate surface area is 168 Å². The Morgan fingerprint density at radius 3 is 2.41 bits per heavy atom. The third-order valence-electron chi connectivity index (χ3n) is 3.65. The van der Waals surface area contributed by atoms with Crippen molar-refractivity contribution >= 4 is 34.1 Å². The van der Waals surface area contributed by atoms with Crippen molar-refractivity contribution < 1.29 is 31.1 Å². The van der Waals surface area contributed by atoms with Crippen molar-refractivity contribution in [3.63, 3.8) is 0 Å². The van der Waals surface area contributed by atoms with Gasteiger partial charge in [0, 0.05) is 22.4 Å². The summed E-state index contributed by atoms with van der Waals surface area (Å²) in [4.78, 5) is 17.1. The second-order valence-corrected chi connectivity index (χ2v) is 7.81.